The lowest BCUT2D eigenvalue weighted by Crippen LogP contribution is -2.10. The van der Waals surface area contributed by atoms with Crippen molar-refractivity contribution in [2.24, 2.45) is 0 Å². The van der Waals surface area contributed by atoms with E-state index in [1.165, 1.54) is 36.4 Å². The highest BCUT2D eigenvalue weighted by Gasteiger charge is 2.09. The van der Waals surface area contributed by atoms with E-state index in [2.05, 4.69) is 5.32 Å². The van der Waals surface area contributed by atoms with Gasteiger partial charge < -0.3 is 14.6 Å². The normalized spacial score (nSPS) is 9.83. The summed E-state index contributed by atoms with van der Waals surface area (Å²) < 4.78 is 9.77. The number of carboxylic acid groups (broad SMARTS) is 1. The maximum Gasteiger partial charge on any atom is 0.514 e. The van der Waals surface area contributed by atoms with E-state index < -0.39 is 17.2 Å². The van der Waals surface area contributed by atoms with Crippen molar-refractivity contribution in [2.75, 3.05) is 5.32 Å². The predicted octanol–water partition coefficient (Wildman–Crippen LogP) is 3.40. The third-order valence-electron chi connectivity index (χ3n) is 2.81. The van der Waals surface area contributed by atoms with Crippen molar-refractivity contribution in [3.63, 3.8) is 0 Å². The van der Waals surface area contributed by atoms with Gasteiger partial charge in [-0.25, -0.2) is 9.59 Å². The minimum Gasteiger partial charge on any atom is -0.465 e. The van der Waals surface area contributed by atoms with Crippen LogP contribution >= 0.6 is 0 Å². The van der Waals surface area contributed by atoms with Crippen LogP contribution in [-0.4, -0.2) is 22.3 Å². The van der Waals surface area contributed by atoms with Crippen LogP contribution in [0.3, 0.4) is 0 Å². The fourth-order valence-corrected chi connectivity index (χ4v) is 1.71. The molecule has 24 heavy (non-hydrogen) atoms. The fraction of sp³-hybridized carbons (Fsp3) is 0.0667. The van der Waals surface area contributed by atoms with E-state index in [-0.39, 0.29) is 18.0 Å². The summed E-state index contributed by atoms with van der Waals surface area (Å²) in [5, 5.41) is 21.3. The molecule has 0 aromatic heterocycles. The molecule has 0 spiro atoms. The molecule has 0 aliphatic rings. The average molecular weight is 332 g/mol. The quantitative estimate of drug-likeness (QED) is 0.371. The number of nitro groups is 1. The lowest BCUT2D eigenvalue weighted by Gasteiger charge is -2.07. The lowest BCUT2D eigenvalue weighted by atomic mass is 10.2. The van der Waals surface area contributed by atoms with E-state index in [1.807, 2.05) is 0 Å². The number of hydrogen-bond donors (Lipinski definition) is 2. The molecule has 9 heteroatoms. The van der Waals surface area contributed by atoms with Crippen molar-refractivity contribution in [3.8, 4) is 5.75 Å². The zero-order chi connectivity index (χ0) is 17.5. The van der Waals surface area contributed by atoms with Crippen LogP contribution in [0.15, 0.2) is 48.5 Å². The Morgan fingerprint density at radius 2 is 1.71 bits per heavy atom. The molecule has 0 saturated heterocycles. The lowest BCUT2D eigenvalue weighted by molar-refractivity contribution is -0.384. The number of nitro benzene ring substituents is 1. The van der Waals surface area contributed by atoms with Gasteiger partial charge in [0.1, 0.15) is 12.4 Å². The number of nitrogens with zero attached hydrogens (tertiary/aromatic N) is 1. The first-order valence-corrected chi connectivity index (χ1v) is 6.62. The van der Waals surface area contributed by atoms with Crippen molar-refractivity contribution in [1.29, 1.82) is 0 Å². The molecule has 0 radical (unpaired) electrons. The second kappa shape index (κ2) is 7.58. The van der Waals surface area contributed by atoms with Crippen LogP contribution in [0.25, 0.3) is 0 Å². The topological polar surface area (TPSA) is 128 Å². The van der Waals surface area contributed by atoms with E-state index in [9.17, 15) is 19.7 Å². The molecule has 0 fully saturated rings. The number of hydrogen-bond acceptors (Lipinski definition) is 6. The average Bonchev–Trinajstić information content (AvgIpc) is 2.54. The Bertz CT molecular complexity index is 741. The van der Waals surface area contributed by atoms with Crippen LogP contribution in [0.1, 0.15) is 5.56 Å². The van der Waals surface area contributed by atoms with Gasteiger partial charge in [-0.2, -0.15) is 0 Å². The molecule has 2 N–H and O–H groups in total. The van der Waals surface area contributed by atoms with Crippen molar-refractivity contribution in [3.05, 3.63) is 64.2 Å². The summed E-state index contributed by atoms with van der Waals surface area (Å²) in [4.78, 5) is 32.0. The number of benzene rings is 2. The van der Waals surface area contributed by atoms with Gasteiger partial charge in [-0.3, -0.25) is 15.4 Å². The highest BCUT2D eigenvalue weighted by molar-refractivity contribution is 5.82. The van der Waals surface area contributed by atoms with Crippen molar-refractivity contribution in [1.82, 2.24) is 0 Å². The Morgan fingerprint density at radius 3 is 2.25 bits per heavy atom. The van der Waals surface area contributed by atoms with E-state index in [4.69, 9.17) is 14.6 Å². The minimum atomic E-state index is -1.18. The molecular formula is C15H12N2O7. The number of ether oxygens (including phenoxy) is 2. The Hall–Kier alpha value is -3.62. The Labute approximate surface area is 135 Å². The van der Waals surface area contributed by atoms with Crippen LogP contribution < -0.4 is 10.1 Å². The second-order valence-electron chi connectivity index (χ2n) is 4.52. The van der Waals surface area contributed by atoms with Crippen LogP contribution in [0.5, 0.6) is 5.75 Å². The van der Waals surface area contributed by atoms with E-state index >= 15 is 0 Å². The van der Waals surface area contributed by atoms with Gasteiger partial charge in [-0.05, 0) is 29.8 Å². The first kappa shape index (κ1) is 16.7. The van der Waals surface area contributed by atoms with Crippen LogP contribution in [0.4, 0.5) is 21.0 Å². The van der Waals surface area contributed by atoms with Crippen LogP contribution in [-0.2, 0) is 11.3 Å². The molecule has 2 aromatic carbocycles. The summed E-state index contributed by atoms with van der Waals surface area (Å²) in [6, 6.07) is 11.2. The van der Waals surface area contributed by atoms with Gasteiger partial charge in [0.25, 0.3) is 5.69 Å². The summed E-state index contributed by atoms with van der Waals surface area (Å²) in [7, 11) is 0. The molecule has 0 aliphatic heterocycles. The molecule has 0 bridgehead atoms. The van der Waals surface area contributed by atoms with Crippen molar-refractivity contribution in [2.45, 2.75) is 6.61 Å². The summed E-state index contributed by atoms with van der Waals surface area (Å²) in [5.41, 5.74) is 0.900. The molecule has 0 heterocycles. The maximum absolute atomic E-state index is 11.5. The van der Waals surface area contributed by atoms with E-state index in [0.717, 1.165) is 0 Å². The number of amides is 1. The van der Waals surface area contributed by atoms with Crippen molar-refractivity contribution >= 4 is 23.6 Å². The van der Waals surface area contributed by atoms with Gasteiger partial charge in [0.2, 0.25) is 0 Å². The number of carbonyl (C=O) groups excluding carboxylic acids is 1. The summed E-state index contributed by atoms with van der Waals surface area (Å²) >= 11 is 0. The van der Waals surface area contributed by atoms with Crippen LogP contribution in [0.2, 0.25) is 0 Å². The number of non-ortho nitro benzene ring substituents is 1. The standard InChI is InChI=1S/C15H12N2O7/c18-14(19)16-11-3-1-10(2-4-11)9-23-15(20)24-13-7-5-12(6-8-13)17(21)22/h1-8,16H,9H2,(H,18,19). The second-order valence-corrected chi connectivity index (χ2v) is 4.52. The number of anilines is 1. The molecule has 0 atom stereocenters. The molecule has 0 saturated carbocycles. The predicted molar refractivity (Wildman–Crippen MR) is 82.0 cm³/mol. The van der Waals surface area contributed by atoms with Gasteiger partial charge in [-0.15, -0.1) is 0 Å². The SMILES string of the molecule is O=C(O)Nc1ccc(COC(=O)Oc2ccc([N+](=O)[O-])cc2)cc1. The number of carbonyl (C=O) groups is 2. The van der Waals surface area contributed by atoms with Gasteiger partial charge in [0.05, 0.1) is 4.92 Å². The molecule has 0 aliphatic carbocycles. The first-order chi connectivity index (χ1) is 11.4. The maximum atomic E-state index is 11.5. The number of rotatable bonds is 5. The van der Waals surface area contributed by atoms with E-state index in [1.54, 1.807) is 12.1 Å². The Kier molecular flexibility index (Phi) is 5.29. The fourth-order valence-electron chi connectivity index (χ4n) is 1.71. The third kappa shape index (κ3) is 4.98. The summed E-state index contributed by atoms with van der Waals surface area (Å²) in [6.07, 6.45) is -2.14. The van der Waals surface area contributed by atoms with Gasteiger partial charge in [0.15, 0.2) is 0 Å². The summed E-state index contributed by atoms with van der Waals surface area (Å²) in [6.45, 7) is -0.0703. The van der Waals surface area contributed by atoms with Gasteiger partial charge in [-0.1, -0.05) is 12.1 Å². The zero-order valence-electron chi connectivity index (χ0n) is 12.2. The van der Waals surface area contributed by atoms with Gasteiger partial charge in [0, 0.05) is 17.8 Å². The third-order valence-corrected chi connectivity index (χ3v) is 2.81. The molecule has 1 amide bonds. The minimum absolute atomic E-state index is 0.0703. The summed E-state index contributed by atoms with van der Waals surface area (Å²) in [5.74, 6) is 0.117. The molecule has 2 rings (SSSR count). The molecule has 124 valence electrons. The molecule has 2 aromatic rings. The van der Waals surface area contributed by atoms with Gasteiger partial charge >= 0.3 is 12.2 Å². The zero-order valence-corrected chi connectivity index (χ0v) is 12.2. The highest BCUT2D eigenvalue weighted by atomic mass is 16.7. The number of nitrogens with one attached hydrogen (secondary N) is 1. The highest BCUT2D eigenvalue weighted by Crippen LogP contribution is 2.18. The monoisotopic (exact) mass is 332 g/mol. The smallest absolute Gasteiger partial charge is 0.465 e. The molecule has 9 nitrogen and oxygen atoms in total. The Morgan fingerprint density at radius 1 is 1.08 bits per heavy atom. The van der Waals surface area contributed by atoms with Crippen molar-refractivity contribution < 1.29 is 29.1 Å². The van der Waals surface area contributed by atoms with Crippen LogP contribution in [0, 0.1) is 10.1 Å². The molecular weight excluding hydrogens is 320 g/mol. The van der Waals surface area contributed by atoms with E-state index in [0.29, 0.717) is 11.3 Å². The Balaban J connectivity index is 1.84. The molecule has 0 unspecified atom stereocenters. The first-order valence-electron chi connectivity index (χ1n) is 6.62. The largest absolute Gasteiger partial charge is 0.514 e.